The maximum absolute atomic E-state index is 11.9. The number of hydrogen-bond acceptors (Lipinski definition) is 1. The van der Waals surface area contributed by atoms with Crippen molar-refractivity contribution in [2.45, 2.75) is 19.3 Å². The predicted octanol–water partition coefficient (Wildman–Crippen LogP) is 2.08. The number of carbonyl (C=O) groups excluding carboxylic acids is 1. The number of rotatable bonds is 2. The Labute approximate surface area is 110 Å². The van der Waals surface area contributed by atoms with Crippen molar-refractivity contribution >= 4 is 29.0 Å². The van der Waals surface area contributed by atoms with E-state index in [0.29, 0.717) is 17.0 Å². The molecular weight excluding hydrogens is 250 g/mol. The van der Waals surface area contributed by atoms with Crippen molar-refractivity contribution in [3.05, 3.63) is 40.4 Å². The first-order valence-electron chi connectivity index (χ1n) is 5.70. The van der Waals surface area contributed by atoms with Crippen LogP contribution >= 0.6 is 11.6 Å². The molecule has 0 radical (unpaired) electrons. The number of allylic oxidation sites excluding steroid dienone is 1. The van der Waals surface area contributed by atoms with Crippen molar-refractivity contribution in [1.82, 2.24) is 0 Å². The van der Waals surface area contributed by atoms with E-state index in [0.717, 1.165) is 24.0 Å². The first-order chi connectivity index (χ1) is 8.58. The molecule has 4 N–H and O–H groups in total. The lowest BCUT2D eigenvalue weighted by Gasteiger charge is -2.05. The molecule has 1 aromatic carbocycles. The number of nitrogens with zero attached hydrogens (tertiary/aromatic N) is 1. The van der Waals surface area contributed by atoms with Gasteiger partial charge in [0.15, 0.2) is 5.96 Å². The number of carbonyl (C=O) groups is 1. The molecule has 0 spiro atoms. The van der Waals surface area contributed by atoms with Crippen LogP contribution < -0.4 is 11.5 Å². The molecular formula is C13H14ClN3O. The smallest absolute Gasteiger partial charge is 0.276 e. The van der Waals surface area contributed by atoms with Gasteiger partial charge in [0.1, 0.15) is 0 Å². The molecule has 0 saturated carbocycles. The summed E-state index contributed by atoms with van der Waals surface area (Å²) in [5.41, 5.74) is 13.1. The lowest BCUT2D eigenvalue weighted by atomic mass is 10.0. The third-order valence-electron chi connectivity index (χ3n) is 2.88. The van der Waals surface area contributed by atoms with Crippen LogP contribution in [0.2, 0.25) is 5.02 Å². The average molecular weight is 264 g/mol. The molecule has 1 aliphatic carbocycles. The fourth-order valence-electron chi connectivity index (χ4n) is 2.16. The summed E-state index contributed by atoms with van der Waals surface area (Å²) in [7, 11) is 0. The third kappa shape index (κ3) is 2.71. The molecule has 1 aliphatic rings. The number of amides is 1. The van der Waals surface area contributed by atoms with Gasteiger partial charge in [-0.25, -0.2) is 0 Å². The number of benzene rings is 1. The van der Waals surface area contributed by atoms with E-state index in [1.165, 1.54) is 0 Å². The second-order valence-corrected chi connectivity index (χ2v) is 4.60. The highest BCUT2D eigenvalue weighted by Crippen LogP contribution is 2.35. The Morgan fingerprint density at radius 2 is 2.06 bits per heavy atom. The van der Waals surface area contributed by atoms with Crippen molar-refractivity contribution in [3.8, 4) is 0 Å². The molecule has 0 heterocycles. The molecule has 18 heavy (non-hydrogen) atoms. The van der Waals surface area contributed by atoms with E-state index in [-0.39, 0.29) is 11.9 Å². The van der Waals surface area contributed by atoms with E-state index in [1.54, 1.807) is 6.07 Å². The Hall–Kier alpha value is -1.81. The summed E-state index contributed by atoms with van der Waals surface area (Å²) in [6, 6.07) is 7.46. The van der Waals surface area contributed by atoms with E-state index in [1.807, 2.05) is 18.2 Å². The number of nitrogens with two attached hydrogens (primary N) is 2. The second-order valence-electron chi connectivity index (χ2n) is 4.16. The number of aliphatic imine (C=N–C) groups is 1. The molecule has 0 bridgehead atoms. The molecule has 0 atom stereocenters. The third-order valence-corrected chi connectivity index (χ3v) is 3.11. The van der Waals surface area contributed by atoms with E-state index >= 15 is 0 Å². The predicted molar refractivity (Wildman–Crippen MR) is 73.0 cm³/mol. The van der Waals surface area contributed by atoms with Crippen LogP contribution in [0, 0.1) is 0 Å². The number of halogens is 1. The number of hydrogen-bond donors (Lipinski definition) is 2. The summed E-state index contributed by atoms with van der Waals surface area (Å²) < 4.78 is 0. The maximum Gasteiger partial charge on any atom is 0.276 e. The van der Waals surface area contributed by atoms with Gasteiger partial charge in [-0.05, 0) is 42.5 Å². The summed E-state index contributed by atoms with van der Waals surface area (Å²) in [6.45, 7) is 0. The molecule has 0 unspecified atom stereocenters. The van der Waals surface area contributed by atoms with E-state index in [9.17, 15) is 4.79 Å². The molecule has 2 rings (SSSR count). The topological polar surface area (TPSA) is 81.5 Å². The zero-order valence-corrected chi connectivity index (χ0v) is 10.6. The Balaban J connectivity index is 2.41. The molecule has 1 aromatic rings. The quantitative estimate of drug-likeness (QED) is 0.633. The normalized spacial score (nSPS) is 14.7. The molecule has 0 aliphatic heterocycles. The van der Waals surface area contributed by atoms with Gasteiger partial charge >= 0.3 is 0 Å². The van der Waals surface area contributed by atoms with Gasteiger partial charge in [0.2, 0.25) is 0 Å². The number of guanidine groups is 1. The van der Waals surface area contributed by atoms with Crippen molar-refractivity contribution in [2.75, 3.05) is 0 Å². The van der Waals surface area contributed by atoms with Crippen molar-refractivity contribution in [1.29, 1.82) is 0 Å². The van der Waals surface area contributed by atoms with Gasteiger partial charge in [-0.2, -0.15) is 4.99 Å². The van der Waals surface area contributed by atoms with Gasteiger partial charge in [0.25, 0.3) is 5.91 Å². The van der Waals surface area contributed by atoms with Crippen LogP contribution in [0.4, 0.5) is 0 Å². The van der Waals surface area contributed by atoms with Crippen LogP contribution in [-0.2, 0) is 4.79 Å². The Kier molecular flexibility index (Phi) is 3.67. The highest BCUT2D eigenvalue weighted by molar-refractivity contribution is 6.30. The van der Waals surface area contributed by atoms with Crippen LogP contribution in [0.1, 0.15) is 24.8 Å². The summed E-state index contributed by atoms with van der Waals surface area (Å²) in [6.07, 6.45) is 2.49. The SMILES string of the molecule is NC(N)=NC(=O)C1=C(c2cccc(Cl)c2)CCC1. The first kappa shape index (κ1) is 12.6. The Morgan fingerprint density at radius 3 is 2.72 bits per heavy atom. The minimum absolute atomic E-state index is 0.204. The summed E-state index contributed by atoms with van der Waals surface area (Å²) in [5.74, 6) is -0.549. The molecule has 4 nitrogen and oxygen atoms in total. The maximum atomic E-state index is 11.9. The molecule has 5 heteroatoms. The molecule has 1 amide bonds. The van der Waals surface area contributed by atoms with Gasteiger partial charge in [-0.15, -0.1) is 0 Å². The van der Waals surface area contributed by atoms with Crippen LogP contribution in [0.15, 0.2) is 34.8 Å². The van der Waals surface area contributed by atoms with Crippen molar-refractivity contribution in [3.63, 3.8) is 0 Å². The molecule has 0 aromatic heterocycles. The van der Waals surface area contributed by atoms with Gasteiger partial charge in [0, 0.05) is 10.6 Å². The fraction of sp³-hybridized carbons (Fsp3) is 0.231. The van der Waals surface area contributed by atoms with Gasteiger partial charge in [0.05, 0.1) is 0 Å². The summed E-state index contributed by atoms with van der Waals surface area (Å²) in [5, 5.41) is 0.653. The minimum Gasteiger partial charge on any atom is -0.370 e. The molecule has 0 saturated heterocycles. The van der Waals surface area contributed by atoms with Gasteiger partial charge < -0.3 is 11.5 Å². The van der Waals surface area contributed by atoms with Crippen molar-refractivity contribution < 1.29 is 4.79 Å². The first-order valence-corrected chi connectivity index (χ1v) is 6.07. The lowest BCUT2D eigenvalue weighted by Crippen LogP contribution is -2.24. The molecule has 0 fully saturated rings. The fourth-order valence-corrected chi connectivity index (χ4v) is 2.35. The summed E-state index contributed by atoms with van der Waals surface area (Å²) in [4.78, 5) is 15.5. The summed E-state index contributed by atoms with van der Waals surface area (Å²) >= 11 is 5.96. The van der Waals surface area contributed by atoms with E-state index in [2.05, 4.69) is 4.99 Å². The van der Waals surface area contributed by atoms with Crippen molar-refractivity contribution in [2.24, 2.45) is 16.5 Å². The highest BCUT2D eigenvalue weighted by Gasteiger charge is 2.21. The van der Waals surface area contributed by atoms with Gasteiger partial charge in [-0.1, -0.05) is 23.7 Å². The monoisotopic (exact) mass is 263 g/mol. The largest absolute Gasteiger partial charge is 0.370 e. The van der Waals surface area contributed by atoms with Gasteiger partial charge in [-0.3, -0.25) is 4.79 Å². The standard InChI is InChI=1S/C13H14ClN3O/c14-9-4-1-3-8(7-9)10-5-2-6-11(10)12(18)17-13(15)16/h1,3-4,7H,2,5-6H2,(H4,15,16,17,18). The highest BCUT2D eigenvalue weighted by atomic mass is 35.5. The lowest BCUT2D eigenvalue weighted by molar-refractivity contribution is -0.114. The van der Waals surface area contributed by atoms with Crippen LogP contribution in [0.3, 0.4) is 0 Å². The zero-order chi connectivity index (χ0) is 13.1. The van der Waals surface area contributed by atoms with Crippen LogP contribution in [0.25, 0.3) is 5.57 Å². The minimum atomic E-state index is -0.345. The Morgan fingerprint density at radius 1 is 1.28 bits per heavy atom. The van der Waals surface area contributed by atoms with Crippen LogP contribution in [-0.4, -0.2) is 11.9 Å². The Bertz CT molecular complexity index is 545. The zero-order valence-electron chi connectivity index (χ0n) is 9.82. The average Bonchev–Trinajstić information content (AvgIpc) is 2.76. The van der Waals surface area contributed by atoms with E-state index < -0.39 is 0 Å². The second kappa shape index (κ2) is 5.23. The molecule has 94 valence electrons. The van der Waals surface area contributed by atoms with E-state index in [4.69, 9.17) is 23.1 Å². The van der Waals surface area contributed by atoms with Crippen LogP contribution in [0.5, 0.6) is 0 Å².